The van der Waals surface area contributed by atoms with Crippen LogP contribution in [0.4, 0.5) is 0 Å². The fourth-order valence-electron chi connectivity index (χ4n) is 2.84. The van der Waals surface area contributed by atoms with Gasteiger partial charge in [-0.25, -0.2) is 0 Å². The van der Waals surface area contributed by atoms with Crippen molar-refractivity contribution in [3.63, 3.8) is 0 Å². The molecule has 1 aromatic heterocycles. The quantitative estimate of drug-likeness (QED) is 0.470. The topological polar surface area (TPSA) is 15.8 Å². The molecule has 0 atom stereocenters. The molecule has 4 rings (SSSR count). The Morgan fingerprint density at radius 1 is 0.947 bits per heavy atom. The third kappa shape index (κ3) is 1.67. The van der Waals surface area contributed by atoms with Crippen molar-refractivity contribution < 1.29 is 0 Å². The van der Waals surface area contributed by atoms with E-state index in [1.54, 1.807) is 0 Å². The van der Waals surface area contributed by atoms with Gasteiger partial charge in [-0.05, 0) is 34.9 Å². The molecule has 92 valence electrons. The van der Waals surface area contributed by atoms with Gasteiger partial charge in [0, 0.05) is 27.5 Å². The molecule has 1 N–H and O–H groups in total. The van der Waals surface area contributed by atoms with Gasteiger partial charge in [0.25, 0.3) is 0 Å². The predicted octanol–water partition coefficient (Wildman–Crippen LogP) is 5.01. The molecule has 0 fully saturated rings. The fourth-order valence-corrected chi connectivity index (χ4v) is 3.44. The van der Waals surface area contributed by atoms with Crippen molar-refractivity contribution in [1.29, 1.82) is 0 Å². The molecule has 0 unspecified atom stereocenters. The van der Waals surface area contributed by atoms with E-state index in [1.165, 1.54) is 33.3 Å². The molecule has 0 radical (unpaired) electrons. The lowest BCUT2D eigenvalue weighted by Crippen LogP contribution is -1.90. The van der Waals surface area contributed by atoms with E-state index in [0.717, 1.165) is 10.9 Å². The van der Waals surface area contributed by atoms with Crippen LogP contribution in [0.25, 0.3) is 23.1 Å². The summed E-state index contributed by atoms with van der Waals surface area (Å²) in [5.74, 6) is 0. The SMILES string of the molecule is Brc1cccc2[nH]c3c(c12)Cc1ccccc1C=C3. The number of H-pyrrole nitrogens is 1. The smallest absolute Gasteiger partial charge is 0.0473 e. The minimum Gasteiger partial charge on any atom is -0.355 e. The van der Waals surface area contributed by atoms with Crippen LogP contribution in [0.3, 0.4) is 0 Å². The first-order valence-electron chi connectivity index (χ1n) is 6.38. The molecule has 0 saturated carbocycles. The van der Waals surface area contributed by atoms with Crippen LogP contribution in [0.1, 0.15) is 22.4 Å². The number of hydrogen-bond acceptors (Lipinski definition) is 0. The summed E-state index contributed by atoms with van der Waals surface area (Å²) in [6.45, 7) is 0. The largest absolute Gasteiger partial charge is 0.355 e. The Bertz CT molecular complexity index is 811. The zero-order chi connectivity index (χ0) is 12.8. The van der Waals surface area contributed by atoms with Gasteiger partial charge in [0.05, 0.1) is 0 Å². The molecule has 0 amide bonds. The second-order valence-corrected chi connectivity index (χ2v) is 5.74. The Morgan fingerprint density at radius 3 is 2.79 bits per heavy atom. The van der Waals surface area contributed by atoms with Crippen molar-refractivity contribution in [2.45, 2.75) is 6.42 Å². The molecule has 19 heavy (non-hydrogen) atoms. The van der Waals surface area contributed by atoms with Crippen LogP contribution in [0, 0.1) is 0 Å². The third-order valence-corrected chi connectivity index (χ3v) is 4.42. The molecule has 1 nitrogen and oxygen atoms in total. The van der Waals surface area contributed by atoms with E-state index in [0.29, 0.717) is 0 Å². The molecule has 0 bridgehead atoms. The van der Waals surface area contributed by atoms with Gasteiger partial charge in [-0.15, -0.1) is 0 Å². The van der Waals surface area contributed by atoms with Gasteiger partial charge in [0.1, 0.15) is 0 Å². The van der Waals surface area contributed by atoms with E-state index in [4.69, 9.17) is 0 Å². The first kappa shape index (κ1) is 11.1. The summed E-state index contributed by atoms with van der Waals surface area (Å²) in [6.07, 6.45) is 5.36. The highest BCUT2D eigenvalue weighted by molar-refractivity contribution is 9.10. The number of halogens is 1. The fraction of sp³-hybridized carbons (Fsp3) is 0.0588. The van der Waals surface area contributed by atoms with Gasteiger partial charge >= 0.3 is 0 Å². The average Bonchev–Trinajstić information content (AvgIpc) is 2.67. The van der Waals surface area contributed by atoms with Crippen molar-refractivity contribution in [2.75, 3.05) is 0 Å². The highest BCUT2D eigenvalue weighted by atomic mass is 79.9. The van der Waals surface area contributed by atoms with E-state index < -0.39 is 0 Å². The molecule has 0 saturated heterocycles. The number of nitrogens with one attached hydrogen (secondary N) is 1. The first-order valence-corrected chi connectivity index (χ1v) is 7.17. The normalized spacial score (nSPS) is 13.1. The van der Waals surface area contributed by atoms with Crippen molar-refractivity contribution in [1.82, 2.24) is 4.98 Å². The number of hydrogen-bond donors (Lipinski definition) is 1. The van der Waals surface area contributed by atoms with E-state index in [2.05, 4.69) is 75.5 Å². The van der Waals surface area contributed by atoms with Crippen LogP contribution in [-0.4, -0.2) is 4.98 Å². The van der Waals surface area contributed by atoms with Crippen LogP contribution in [0.5, 0.6) is 0 Å². The van der Waals surface area contributed by atoms with Crippen molar-refractivity contribution in [3.8, 4) is 0 Å². The summed E-state index contributed by atoms with van der Waals surface area (Å²) < 4.78 is 1.16. The van der Waals surface area contributed by atoms with Crippen molar-refractivity contribution >= 4 is 39.0 Å². The third-order valence-electron chi connectivity index (χ3n) is 3.76. The maximum Gasteiger partial charge on any atom is 0.0473 e. The Balaban J connectivity index is 2.03. The number of aromatic nitrogens is 1. The van der Waals surface area contributed by atoms with E-state index in [9.17, 15) is 0 Å². The Labute approximate surface area is 120 Å². The Hall–Kier alpha value is -1.80. The van der Waals surface area contributed by atoms with Gasteiger partial charge in [-0.3, -0.25) is 0 Å². The second-order valence-electron chi connectivity index (χ2n) is 4.89. The zero-order valence-corrected chi connectivity index (χ0v) is 11.9. The average molecular weight is 310 g/mol. The molecule has 0 spiro atoms. The highest BCUT2D eigenvalue weighted by Crippen LogP contribution is 2.34. The minimum atomic E-state index is 0.973. The van der Waals surface area contributed by atoms with Gasteiger partial charge in [-0.1, -0.05) is 52.3 Å². The number of fused-ring (bicyclic) bond motifs is 4. The van der Waals surface area contributed by atoms with Gasteiger partial charge < -0.3 is 4.98 Å². The van der Waals surface area contributed by atoms with E-state index >= 15 is 0 Å². The number of rotatable bonds is 0. The molecule has 0 aliphatic heterocycles. The molecule has 2 aromatic carbocycles. The van der Waals surface area contributed by atoms with Crippen LogP contribution < -0.4 is 0 Å². The lowest BCUT2D eigenvalue weighted by atomic mass is 10.0. The molecular weight excluding hydrogens is 298 g/mol. The standard InChI is InChI=1S/C17H12BrN/c18-14-6-3-7-16-17(14)13-10-12-5-2-1-4-11(12)8-9-15(13)19-16/h1-9,19H,10H2. The lowest BCUT2D eigenvalue weighted by Gasteiger charge is -2.04. The predicted molar refractivity (Wildman–Crippen MR) is 84.2 cm³/mol. The molecule has 1 heterocycles. The van der Waals surface area contributed by atoms with Crippen LogP contribution in [-0.2, 0) is 6.42 Å². The summed E-state index contributed by atoms with van der Waals surface area (Å²) in [6, 6.07) is 14.9. The number of aromatic amines is 1. The van der Waals surface area contributed by atoms with Crippen LogP contribution >= 0.6 is 15.9 Å². The maximum absolute atomic E-state index is 3.68. The van der Waals surface area contributed by atoms with Gasteiger partial charge in [0.2, 0.25) is 0 Å². The maximum atomic E-state index is 3.68. The summed E-state index contributed by atoms with van der Waals surface area (Å²) >= 11 is 3.68. The summed E-state index contributed by atoms with van der Waals surface area (Å²) in [5.41, 5.74) is 6.49. The summed E-state index contributed by atoms with van der Waals surface area (Å²) in [7, 11) is 0. The van der Waals surface area contributed by atoms with E-state index in [1.807, 2.05) is 0 Å². The molecule has 2 heteroatoms. The minimum absolute atomic E-state index is 0.973. The highest BCUT2D eigenvalue weighted by Gasteiger charge is 2.15. The van der Waals surface area contributed by atoms with Crippen molar-refractivity contribution in [3.05, 3.63) is 69.3 Å². The first-order chi connectivity index (χ1) is 9.33. The molecule has 1 aliphatic rings. The second kappa shape index (κ2) is 4.10. The van der Waals surface area contributed by atoms with E-state index in [-0.39, 0.29) is 0 Å². The Morgan fingerprint density at radius 2 is 1.84 bits per heavy atom. The van der Waals surface area contributed by atoms with Crippen LogP contribution in [0.15, 0.2) is 46.9 Å². The molecule has 1 aliphatic carbocycles. The van der Waals surface area contributed by atoms with Gasteiger partial charge in [-0.2, -0.15) is 0 Å². The van der Waals surface area contributed by atoms with Gasteiger partial charge in [0.15, 0.2) is 0 Å². The molecular formula is C17H12BrN. The van der Waals surface area contributed by atoms with Crippen molar-refractivity contribution in [2.24, 2.45) is 0 Å². The zero-order valence-electron chi connectivity index (χ0n) is 10.3. The summed E-state index contributed by atoms with van der Waals surface area (Å²) in [4.78, 5) is 3.51. The monoisotopic (exact) mass is 309 g/mol. The Kier molecular flexibility index (Phi) is 2.39. The lowest BCUT2D eigenvalue weighted by molar-refractivity contribution is 1.20. The summed E-state index contributed by atoms with van der Waals surface area (Å²) in [5, 5.41) is 1.30. The molecule has 3 aromatic rings. The number of benzene rings is 2. The van der Waals surface area contributed by atoms with Crippen LogP contribution in [0.2, 0.25) is 0 Å².